The molecule has 0 heterocycles. The van der Waals surface area contributed by atoms with Gasteiger partial charge in [-0.25, -0.2) is 0 Å². The fourth-order valence-corrected chi connectivity index (χ4v) is 3.03. The lowest BCUT2D eigenvalue weighted by Crippen LogP contribution is -2.13. The highest BCUT2D eigenvalue weighted by Gasteiger charge is 2.11. The van der Waals surface area contributed by atoms with Crippen LogP contribution in [0.3, 0.4) is 0 Å². The third-order valence-electron chi connectivity index (χ3n) is 4.04. The van der Waals surface area contributed by atoms with Crippen LogP contribution < -0.4 is 10.1 Å². The minimum atomic E-state index is -0.569. The van der Waals surface area contributed by atoms with Crippen LogP contribution >= 0.6 is 23.2 Å². The molecule has 0 spiro atoms. The quantitative estimate of drug-likeness (QED) is 0.288. The molecule has 0 aromatic heterocycles. The van der Waals surface area contributed by atoms with Crippen molar-refractivity contribution in [3.05, 3.63) is 93.5 Å². The van der Waals surface area contributed by atoms with Crippen LogP contribution in [0.5, 0.6) is 11.5 Å². The molecule has 0 aliphatic heterocycles. The minimum absolute atomic E-state index is 0.0800. The summed E-state index contributed by atoms with van der Waals surface area (Å²) in [6.45, 7) is 0.300. The topological polar surface area (TPSA) is 82.3 Å². The smallest absolute Gasteiger partial charge is 0.266 e. The lowest BCUT2D eigenvalue weighted by atomic mass is 10.1. The number of hydrogen-bond acceptors (Lipinski definition) is 4. The number of rotatable bonds is 6. The van der Waals surface area contributed by atoms with Gasteiger partial charge in [-0.2, -0.15) is 5.26 Å². The van der Waals surface area contributed by atoms with E-state index in [0.717, 1.165) is 5.56 Å². The Hall–Kier alpha value is -3.46. The second-order valence-electron chi connectivity index (χ2n) is 6.28. The molecule has 150 valence electrons. The van der Waals surface area contributed by atoms with Crippen molar-refractivity contribution >= 4 is 40.9 Å². The normalized spacial score (nSPS) is 10.9. The number of hydrogen-bond donors (Lipinski definition) is 2. The summed E-state index contributed by atoms with van der Waals surface area (Å²) >= 11 is 12.3. The Kier molecular flexibility index (Phi) is 6.97. The lowest BCUT2D eigenvalue weighted by Gasteiger charge is -2.09. The van der Waals surface area contributed by atoms with Gasteiger partial charge in [0.2, 0.25) is 0 Å². The van der Waals surface area contributed by atoms with E-state index in [1.54, 1.807) is 30.3 Å². The zero-order chi connectivity index (χ0) is 21.5. The summed E-state index contributed by atoms with van der Waals surface area (Å²) in [4.78, 5) is 12.3. The second kappa shape index (κ2) is 9.84. The molecule has 0 atom stereocenters. The zero-order valence-electron chi connectivity index (χ0n) is 15.6. The lowest BCUT2D eigenvalue weighted by molar-refractivity contribution is -0.112. The molecule has 0 aliphatic rings. The monoisotopic (exact) mass is 438 g/mol. The molecule has 0 bridgehead atoms. The fraction of sp³-hybridized carbons (Fsp3) is 0.0435. The molecule has 3 aromatic rings. The summed E-state index contributed by atoms with van der Waals surface area (Å²) in [7, 11) is 0. The first-order valence-electron chi connectivity index (χ1n) is 8.83. The minimum Gasteiger partial charge on any atom is -0.508 e. The van der Waals surface area contributed by atoms with Crippen LogP contribution in [0.2, 0.25) is 10.0 Å². The van der Waals surface area contributed by atoms with Crippen molar-refractivity contribution in [2.75, 3.05) is 5.32 Å². The van der Waals surface area contributed by atoms with Crippen LogP contribution in [-0.2, 0) is 11.4 Å². The van der Waals surface area contributed by atoms with Gasteiger partial charge in [0.1, 0.15) is 29.7 Å². The molecule has 2 N–H and O–H groups in total. The van der Waals surface area contributed by atoms with E-state index in [1.807, 2.05) is 18.2 Å². The summed E-state index contributed by atoms with van der Waals surface area (Å²) in [6, 6.07) is 20.1. The van der Waals surface area contributed by atoms with Crippen molar-refractivity contribution < 1.29 is 14.6 Å². The molecule has 3 rings (SSSR count). The van der Waals surface area contributed by atoms with Crippen molar-refractivity contribution in [2.24, 2.45) is 0 Å². The average Bonchev–Trinajstić information content (AvgIpc) is 2.73. The van der Waals surface area contributed by atoms with Gasteiger partial charge >= 0.3 is 0 Å². The van der Waals surface area contributed by atoms with Gasteiger partial charge in [-0.15, -0.1) is 0 Å². The predicted octanol–water partition coefficient (Wildman–Crippen LogP) is 5.82. The van der Waals surface area contributed by atoms with Crippen LogP contribution in [0, 0.1) is 11.3 Å². The van der Waals surface area contributed by atoms with Gasteiger partial charge in [-0.05, 0) is 65.7 Å². The Morgan fingerprint density at radius 1 is 1.10 bits per heavy atom. The van der Waals surface area contributed by atoms with Crippen molar-refractivity contribution in [2.45, 2.75) is 6.61 Å². The highest BCUT2D eigenvalue weighted by atomic mass is 35.5. The summed E-state index contributed by atoms with van der Waals surface area (Å²) < 4.78 is 5.72. The van der Waals surface area contributed by atoms with E-state index >= 15 is 0 Å². The second-order valence-corrected chi connectivity index (χ2v) is 7.12. The van der Waals surface area contributed by atoms with Gasteiger partial charge in [0.15, 0.2) is 0 Å². The van der Waals surface area contributed by atoms with Gasteiger partial charge in [-0.3, -0.25) is 4.79 Å². The number of ether oxygens (including phenoxy) is 1. The van der Waals surface area contributed by atoms with E-state index in [-0.39, 0.29) is 11.3 Å². The summed E-state index contributed by atoms with van der Waals surface area (Å²) in [5.74, 6) is -0.0159. The number of aromatic hydroxyl groups is 1. The number of carbonyl (C=O) groups excluding carboxylic acids is 1. The molecule has 5 nitrogen and oxygen atoms in total. The molecule has 7 heteroatoms. The maximum Gasteiger partial charge on any atom is 0.266 e. The Balaban J connectivity index is 1.70. The molecule has 0 fully saturated rings. The summed E-state index contributed by atoms with van der Waals surface area (Å²) in [5, 5.41) is 22.2. The SMILES string of the molecule is N#C/C(=C\c1ccc(OCc2cccc(Cl)c2)c(Cl)c1)C(=O)Nc1ccc(O)cc1. The number of amides is 1. The molecule has 0 aliphatic carbocycles. The van der Waals surface area contributed by atoms with Gasteiger partial charge < -0.3 is 15.2 Å². The summed E-state index contributed by atoms with van der Waals surface area (Å²) in [6.07, 6.45) is 1.43. The fourth-order valence-electron chi connectivity index (χ4n) is 2.57. The van der Waals surface area contributed by atoms with Crippen molar-refractivity contribution in [1.29, 1.82) is 5.26 Å². The Labute approximate surface area is 183 Å². The Bertz CT molecular complexity index is 1140. The Morgan fingerprint density at radius 3 is 2.53 bits per heavy atom. The highest BCUT2D eigenvalue weighted by Crippen LogP contribution is 2.27. The molecular weight excluding hydrogens is 423 g/mol. The number of anilines is 1. The number of benzene rings is 3. The summed E-state index contributed by atoms with van der Waals surface area (Å²) in [5.41, 5.74) is 1.85. The van der Waals surface area contributed by atoms with Crippen LogP contribution in [0.4, 0.5) is 5.69 Å². The standard InChI is InChI=1S/C23H16Cl2N2O3/c24-18-3-1-2-16(11-18)14-30-22-9-4-15(12-21(22)25)10-17(13-26)23(29)27-19-5-7-20(28)8-6-19/h1-12,28H,14H2,(H,27,29)/b17-10+. The molecule has 0 radical (unpaired) electrons. The molecule has 0 saturated carbocycles. The predicted molar refractivity (Wildman–Crippen MR) is 118 cm³/mol. The third kappa shape index (κ3) is 5.77. The van der Waals surface area contributed by atoms with E-state index < -0.39 is 5.91 Å². The van der Waals surface area contributed by atoms with Crippen molar-refractivity contribution in [3.63, 3.8) is 0 Å². The van der Waals surface area contributed by atoms with Crippen LogP contribution in [0.25, 0.3) is 6.08 Å². The third-order valence-corrected chi connectivity index (χ3v) is 4.57. The van der Waals surface area contributed by atoms with E-state index in [1.165, 1.54) is 30.3 Å². The number of phenols is 1. The van der Waals surface area contributed by atoms with E-state index in [9.17, 15) is 15.2 Å². The Morgan fingerprint density at radius 2 is 1.87 bits per heavy atom. The number of nitrogens with one attached hydrogen (secondary N) is 1. The molecule has 30 heavy (non-hydrogen) atoms. The van der Waals surface area contributed by atoms with Gasteiger partial charge in [0, 0.05) is 10.7 Å². The highest BCUT2D eigenvalue weighted by molar-refractivity contribution is 6.32. The van der Waals surface area contributed by atoms with Crippen molar-refractivity contribution in [1.82, 2.24) is 0 Å². The molecule has 3 aromatic carbocycles. The maximum atomic E-state index is 12.3. The van der Waals surface area contributed by atoms with E-state index in [2.05, 4.69) is 5.32 Å². The average molecular weight is 439 g/mol. The van der Waals surface area contributed by atoms with E-state index in [0.29, 0.717) is 33.7 Å². The first-order valence-corrected chi connectivity index (χ1v) is 9.59. The van der Waals surface area contributed by atoms with E-state index in [4.69, 9.17) is 27.9 Å². The number of nitrogens with zero attached hydrogens (tertiary/aromatic N) is 1. The van der Waals surface area contributed by atoms with Gasteiger partial charge in [-0.1, -0.05) is 41.4 Å². The van der Waals surface area contributed by atoms with Crippen LogP contribution in [0.15, 0.2) is 72.3 Å². The maximum absolute atomic E-state index is 12.3. The first kappa shape index (κ1) is 21.3. The van der Waals surface area contributed by atoms with Gasteiger partial charge in [0.25, 0.3) is 5.91 Å². The molecule has 0 unspecified atom stereocenters. The van der Waals surface area contributed by atoms with Gasteiger partial charge in [0.05, 0.1) is 5.02 Å². The number of phenolic OH excluding ortho intramolecular Hbond substituents is 1. The molecule has 0 saturated heterocycles. The molecule has 1 amide bonds. The van der Waals surface area contributed by atoms with Crippen LogP contribution in [-0.4, -0.2) is 11.0 Å². The van der Waals surface area contributed by atoms with Crippen molar-refractivity contribution in [3.8, 4) is 17.6 Å². The number of nitriles is 1. The number of carbonyl (C=O) groups is 1. The van der Waals surface area contributed by atoms with Crippen LogP contribution in [0.1, 0.15) is 11.1 Å². The molecular formula is C23H16Cl2N2O3. The largest absolute Gasteiger partial charge is 0.508 e. The first-order chi connectivity index (χ1) is 14.4. The number of halogens is 2. The zero-order valence-corrected chi connectivity index (χ0v) is 17.1.